The number of carbonyl (C=O) groups excluding carboxylic acids is 3. The van der Waals surface area contributed by atoms with Crippen molar-refractivity contribution in [2.45, 2.75) is 38.0 Å². The van der Waals surface area contributed by atoms with Crippen molar-refractivity contribution in [3.8, 4) is 0 Å². The fourth-order valence-electron chi connectivity index (χ4n) is 4.92. The molecule has 26 heavy (non-hydrogen) atoms. The smallest absolute Gasteiger partial charge is 0.153 e. The number of Topliss-reactive ketones (excluding diaryl/α,β-unsaturated/α-hetero) is 3. The molecule has 3 unspecified atom stereocenters. The van der Waals surface area contributed by atoms with Gasteiger partial charge in [0.2, 0.25) is 0 Å². The van der Waals surface area contributed by atoms with Crippen molar-refractivity contribution >= 4 is 17.3 Å². The molecule has 2 aliphatic carbocycles. The number of carbonyl (C=O) groups is 3. The van der Waals surface area contributed by atoms with Crippen LogP contribution < -0.4 is 0 Å². The van der Waals surface area contributed by atoms with Crippen molar-refractivity contribution in [1.29, 1.82) is 0 Å². The Morgan fingerprint density at radius 3 is 1.96 bits per heavy atom. The van der Waals surface area contributed by atoms with Crippen molar-refractivity contribution in [2.75, 3.05) is 0 Å². The van der Waals surface area contributed by atoms with Crippen LogP contribution in [0.5, 0.6) is 0 Å². The van der Waals surface area contributed by atoms with Crippen molar-refractivity contribution in [3.63, 3.8) is 0 Å². The molecule has 0 N–H and O–H groups in total. The zero-order chi connectivity index (χ0) is 18.5. The first kappa shape index (κ1) is 16.9. The summed E-state index contributed by atoms with van der Waals surface area (Å²) in [5, 5.41) is 0. The van der Waals surface area contributed by atoms with Gasteiger partial charge in [-0.2, -0.15) is 0 Å². The van der Waals surface area contributed by atoms with Crippen LogP contribution >= 0.6 is 0 Å². The topological polar surface area (TPSA) is 51.2 Å². The second-order valence-corrected chi connectivity index (χ2v) is 8.32. The van der Waals surface area contributed by atoms with E-state index in [0.29, 0.717) is 6.42 Å². The van der Waals surface area contributed by atoms with Crippen LogP contribution in [0.2, 0.25) is 0 Å². The van der Waals surface area contributed by atoms with E-state index in [2.05, 4.69) is 0 Å². The van der Waals surface area contributed by atoms with Gasteiger partial charge >= 0.3 is 0 Å². The Labute approximate surface area is 153 Å². The third-order valence-electron chi connectivity index (χ3n) is 5.94. The third kappa shape index (κ3) is 2.23. The molecular weight excluding hydrogens is 324 g/mol. The summed E-state index contributed by atoms with van der Waals surface area (Å²) in [6, 6.07) is 18.8. The maximum absolute atomic E-state index is 13.6. The van der Waals surface area contributed by atoms with Gasteiger partial charge < -0.3 is 0 Å². The first-order valence-electron chi connectivity index (χ1n) is 9.08. The average molecular weight is 346 g/mol. The van der Waals surface area contributed by atoms with Crippen LogP contribution in [0.15, 0.2) is 60.7 Å². The zero-order valence-electron chi connectivity index (χ0n) is 15.1. The number of hydrogen-bond acceptors (Lipinski definition) is 3. The molecule has 0 radical (unpaired) electrons. The van der Waals surface area contributed by atoms with Gasteiger partial charge in [-0.1, -0.05) is 74.5 Å². The first-order valence-corrected chi connectivity index (χ1v) is 9.08. The molecular formula is C23H22O3. The fraction of sp³-hybridized carbons (Fsp3) is 0.348. The second-order valence-electron chi connectivity index (χ2n) is 8.32. The summed E-state index contributed by atoms with van der Waals surface area (Å²) in [6.45, 7) is 3.88. The molecule has 0 saturated heterocycles. The van der Waals surface area contributed by atoms with E-state index < -0.39 is 22.7 Å². The molecule has 3 heteroatoms. The molecule has 4 rings (SSSR count). The largest absolute Gasteiger partial charge is 0.299 e. The summed E-state index contributed by atoms with van der Waals surface area (Å²) in [4.78, 5) is 39.7. The summed E-state index contributed by atoms with van der Waals surface area (Å²) in [5.41, 5.74) is 0.118. The molecule has 0 aliphatic heterocycles. The van der Waals surface area contributed by atoms with Crippen molar-refractivity contribution < 1.29 is 14.4 Å². The van der Waals surface area contributed by atoms with Crippen LogP contribution in [0, 0.1) is 11.3 Å². The Balaban J connectivity index is 1.97. The quantitative estimate of drug-likeness (QED) is 0.776. The number of benzene rings is 2. The maximum atomic E-state index is 13.6. The summed E-state index contributed by atoms with van der Waals surface area (Å²) in [5.74, 6) is -1.64. The lowest BCUT2D eigenvalue weighted by atomic mass is 9.45. The van der Waals surface area contributed by atoms with Gasteiger partial charge in [-0.25, -0.2) is 0 Å². The minimum atomic E-state index is -1.06. The molecule has 0 heterocycles. The van der Waals surface area contributed by atoms with E-state index in [-0.39, 0.29) is 23.8 Å². The Hall–Kier alpha value is -2.55. The Bertz CT molecular complexity index is 882. The van der Waals surface area contributed by atoms with E-state index in [0.717, 1.165) is 11.1 Å². The van der Waals surface area contributed by atoms with E-state index >= 15 is 0 Å². The van der Waals surface area contributed by atoms with E-state index in [1.54, 1.807) is 0 Å². The minimum absolute atomic E-state index is 0.0120. The predicted molar refractivity (Wildman–Crippen MR) is 98.8 cm³/mol. The van der Waals surface area contributed by atoms with Gasteiger partial charge in [0.25, 0.3) is 0 Å². The molecule has 2 saturated carbocycles. The molecule has 3 atom stereocenters. The molecule has 2 fully saturated rings. The highest BCUT2D eigenvalue weighted by Crippen LogP contribution is 2.60. The third-order valence-corrected chi connectivity index (χ3v) is 5.94. The normalized spacial score (nSPS) is 30.3. The Morgan fingerprint density at radius 1 is 0.769 bits per heavy atom. The van der Waals surface area contributed by atoms with Crippen molar-refractivity contribution in [3.05, 3.63) is 71.8 Å². The Kier molecular flexibility index (Phi) is 3.72. The van der Waals surface area contributed by atoms with Gasteiger partial charge in [-0.3, -0.25) is 14.4 Å². The number of hydrogen-bond donors (Lipinski definition) is 0. The van der Waals surface area contributed by atoms with E-state index in [1.807, 2.05) is 74.5 Å². The standard InChI is InChI=1S/C23H22O3/c1-22(2)13-17(24)20-21(26)19(15-9-5-3-6-10-15)23(20,18(25)14-22)16-11-7-4-8-12-16/h3-12,19-20H,13-14H2,1-2H3. The average Bonchev–Trinajstić information content (AvgIpc) is 2.66. The molecule has 0 amide bonds. The second kappa shape index (κ2) is 5.73. The van der Waals surface area contributed by atoms with E-state index in [4.69, 9.17) is 0 Å². The highest BCUT2D eigenvalue weighted by Gasteiger charge is 2.70. The Morgan fingerprint density at radius 2 is 1.35 bits per heavy atom. The molecule has 3 nitrogen and oxygen atoms in total. The lowest BCUT2D eigenvalue weighted by Crippen LogP contribution is -2.65. The van der Waals surface area contributed by atoms with Crippen molar-refractivity contribution in [1.82, 2.24) is 0 Å². The molecule has 0 aromatic heterocycles. The highest BCUT2D eigenvalue weighted by atomic mass is 16.2. The lowest BCUT2D eigenvalue weighted by molar-refractivity contribution is -0.155. The van der Waals surface area contributed by atoms with Crippen molar-refractivity contribution in [2.24, 2.45) is 11.3 Å². The van der Waals surface area contributed by atoms with Gasteiger partial charge in [-0.05, 0) is 16.5 Å². The first-order chi connectivity index (χ1) is 12.4. The maximum Gasteiger partial charge on any atom is 0.153 e. The number of ketones is 3. The minimum Gasteiger partial charge on any atom is -0.299 e. The summed E-state index contributed by atoms with van der Waals surface area (Å²) >= 11 is 0. The van der Waals surface area contributed by atoms with E-state index in [1.165, 1.54) is 0 Å². The van der Waals surface area contributed by atoms with Crippen LogP contribution in [0.4, 0.5) is 0 Å². The molecule has 0 spiro atoms. The monoisotopic (exact) mass is 346 g/mol. The van der Waals surface area contributed by atoms with E-state index in [9.17, 15) is 14.4 Å². The zero-order valence-corrected chi connectivity index (χ0v) is 15.1. The van der Waals surface area contributed by atoms with Gasteiger partial charge in [0.05, 0.1) is 17.3 Å². The molecule has 2 aromatic rings. The van der Waals surface area contributed by atoms with Crippen LogP contribution in [0.3, 0.4) is 0 Å². The van der Waals surface area contributed by atoms with Crippen LogP contribution in [0.1, 0.15) is 43.7 Å². The van der Waals surface area contributed by atoms with Crippen LogP contribution in [-0.4, -0.2) is 17.3 Å². The molecule has 2 aromatic carbocycles. The molecule has 132 valence electrons. The summed E-state index contributed by atoms with van der Waals surface area (Å²) in [7, 11) is 0. The van der Waals surface area contributed by atoms with Gasteiger partial charge in [0, 0.05) is 12.8 Å². The summed E-state index contributed by atoms with van der Waals surface area (Å²) in [6.07, 6.45) is 0.575. The lowest BCUT2D eigenvalue weighted by Gasteiger charge is -2.52. The molecule has 2 aliphatic rings. The number of rotatable bonds is 2. The predicted octanol–water partition coefficient (Wildman–Crippen LogP) is 3.87. The van der Waals surface area contributed by atoms with Gasteiger partial charge in [0.15, 0.2) is 5.78 Å². The SMILES string of the molecule is CC1(C)CC(=O)C2C(=O)C(c3ccccc3)C2(c2ccccc2)C(=O)C1. The molecule has 0 bridgehead atoms. The van der Waals surface area contributed by atoms with Crippen LogP contribution in [-0.2, 0) is 19.8 Å². The summed E-state index contributed by atoms with van der Waals surface area (Å²) < 4.78 is 0. The fourth-order valence-corrected chi connectivity index (χ4v) is 4.92. The van der Waals surface area contributed by atoms with Crippen LogP contribution in [0.25, 0.3) is 0 Å². The van der Waals surface area contributed by atoms with Gasteiger partial charge in [0.1, 0.15) is 11.6 Å². The highest BCUT2D eigenvalue weighted by molar-refractivity contribution is 6.22. The van der Waals surface area contributed by atoms with Gasteiger partial charge in [-0.15, -0.1) is 0 Å². The number of fused-ring (bicyclic) bond motifs is 1.